The Morgan fingerprint density at radius 3 is 0.756 bits per heavy atom. The number of ether oxygens (including phenoxy) is 1. The van der Waals surface area contributed by atoms with Crippen LogP contribution in [0.1, 0.15) is 489 Å². The maximum Gasteiger partial charge on any atom is 0.305 e. The molecule has 536 valence electrons. The number of amides is 1. The van der Waals surface area contributed by atoms with Crippen molar-refractivity contribution in [3.8, 4) is 0 Å². The summed E-state index contributed by atoms with van der Waals surface area (Å²) in [6.45, 7) is 4.98. The number of carbonyl (C=O) groups excluding carboxylic acids is 2. The number of carbonyl (C=O) groups is 2. The standard InChI is InChI=1S/C84H165NO5/c1-3-5-7-9-11-13-15-17-19-21-23-24-25-32-35-38-41-44-48-52-56-60-64-68-72-76-82(87)81(80-86)85-83(88)77-73-69-65-61-57-53-49-45-42-39-36-33-30-28-26-27-29-31-34-37-40-43-47-51-55-59-63-67-71-75-79-90-84(89)78-74-70-66-62-58-54-50-46-22-20-18-16-14-12-10-8-6-4-2/h72,76,81-82,86-87H,3-71,73-75,77-80H2,1-2H3,(H,85,88)/b76-72+. The highest BCUT2D eigenvalue weighted by Crippen LogP contribution is 2.21. The van der Waals surface area contributed by atoms with Gasteiger partial charge in [-0.05, 0) is 32.1 Å². The number of hydrogen-bond acceptors (Lipinski definition) is 5. The summed E-state index contributed by atoms with van der Waals surface area (Å²) in [5.41, 5.74) is 0. The van der Waals surface area contributed by atoms with Gasteiger partial charge in [-0.3, -0.25) is 9.59 Å². The number of hydrogen-bond donors (Lipinski definition) is 3. The fourth-order valence-electron chi connectivity index (χ4n) is 13.7. The smallest absolute Gasteiger partial charge is 0.305 e. The molecule has 0 aliphatic rings. The largest absolute Gasteiger partial charge is 0.466 e. The van der Waals surface area contributed by atoms with Crippen LogP contribution in [0.3, 0.4) is 0 Å². The first-order valence-corrected chi connectivity index (χ1v) is 42.0. The highest BCUT2D eigenvalue weighted by molar-refractivity contribution is 5.76. The Morgan fingerprint density at radius 2 is 0.511 bits per heavy atom. The predicted octanol–water partition coefficient (Wildman–Crippen LogP) is 27.8. The van der Waals surface area contributed by atoms with Crippen LogP contribution in [0.25, 0.3) is 0 Å². The minimum atomic E-state index is -0.843. The van der Waals surface area contributed by atoms with Crippen molar-refractivity contribution in [3.63, 3.8) is 0 Å². The van der Waals surface area contributed by atoms with Crippen LogP contribution in [-0.2, 0) is 14.3 Å². The van der Waals surface area contributed by atoms with Gasteiger partial charge in [0.2, 0.25) is 5.91 Å². The first-order valence-electron chi connectivity index (χ1n) is 42.0. The van der Waals surface area contributed by atoms with E-state index in [2.05, 4.69) is 19.2 Å². The van der Waals surface area contributed by atoms with E-state index in [1.54, 1.807) is 6.08 Å². The van der Waals surface area contributed by atoms with Crippen molar-refractivity contribution in [2.45, 2.75) is 501 Å². The van der Waals surface area contributed by atoms with Crippen LogP contribution in [0.5, 0.6) is 0 Å². The molecule has 6 nitrogen and oxygen atoms in total. The Balaban J connectivity index is 3.34. The van der Waals surface area contributed by atoms with Gasteiger partial charge >= 0.3 is 5.97 Å². The van der Waals surface area contributed by atoms with E-state index >= 15 is 0 Å². The molecule has 0 radical (unpaired) electrons. The SMILES string of the molecule is CCCCCCCCCCCCCCCCCCCCCCCCC/C=C/C(O)C(CO)NC(=O)CCCCCCCCCCCCCCCCCCCCCCCCCCCCCCCCOC(=O)CCCCCCCCCCCCCCCCCCCC. The monoisotopic (exact) mass is 1270 g/mol. The van der Waals surface area contributed by atoms with Gasteiger partial charge in [-0.15, -0.1) is 0 Å². The topological polar surface area (TPSA) is 95.9 Å². The summed E-state index contributed by atoms with van der Waals surface area (Å²) in [4.78, 5) is 24.7. The van der Waals surface area contributed by atoms with Crippen molar-refractivity contribution in [1.29, 1.82) is 0 Å². The predicted molar refractivity (Wildman–Crippen MR) is 398 cm³/mol. The zero-order chi connectivity index (χ0) is 64.9. The number of aliphatic hydroxyl groups is 2. The van der Waals surface area contributed by atoms with E-state index in [1.165, 1.54) is 424 Å². The third-order valence-electron chi connectivity index (χ3n) is 20.1. The Kier molecular flexibility index (Phi) is 78.8. The molecule has 2 atom stereocenters. The highest BCUT2D eigenvalue weighted by atomic mass is 16.5. The maximum atomic E-state index is 12.6. The van der Waals surface area contributed by atoms with Crippen LogP contribution in [0, 0.1) is 0 Å². The van der Waals surface area contributed by atoms with Crippen LogP contribution < -0.4 is 5.32 Å². The Labute approximate surface area is 565 Å². The summed E-state index contributed by atoms with van der Waals surface area (Å²) in [6.07, 6.45) is 102. The number of rotatable bonds is 80. The molecule has 0 fully saturated rings. The zero-order valence-electron chi connectivity index (χ0n) is 61.7. The molecule has 0 saturated carbocycles. The van der Waals surface area contributed by atoms with E-state index in [1.807, 2.05) is 6.08 Å². The Morgan fingerprint density at radius 1 is 0.300 bits per heavy atom. The first-order chi connectivity index (χ1) is 44.5. The third kappa shape index (κ3) is 75.6. The fraction of sp³-hybridized carbons (Fsp3) is 0.952. The lowest BCUT2D eigenvalue weighted by molar-refractivity contribution is -0.143. The van der Waals surface area contributed by atoms with Gasteiger partial charge in [0.25, 0.3) is 0 Å². The van der Waals surface area contributed by atoms with Crippen LogP contribution in [0.2, 0.25) is 0 Å². The van der Waals surface area contributed by atoms with Crippen molar-refractivity contribution in [2.75, 3.05) is 13.2 Å². The molecule has 0 spiro atoms. The molecule has 0 bridgehead atoms. The molecule has 0 aromatic carbocycles. The quantitative estimate of drug-likeness (QED) is 0.0320. The fourth-order valence-corrected chi connectivity index (χ4v) is 13.7. The Hall–Kier alpha value is -1.40. The lowest BCUT2D eigenvalue weighted by atomic mass is 10.0. The molecule has 2 unspecified atom stereocenters. The number of esters is 1. The van der Waals surface area contributed by atoms with E-state index in [4.69, 9.17) is 4.74 Å². The Bertz CT molecular complexity index is 1370. The molecule has 90 heavy (non-hydrogen) atoms. The summed E-state index contributed by atoms with van der Waals surface area (Å²) in [7, 11) is 0. The summed E-state index contributed by atoms with van der Waals surface area (Å²) in [6, 6.07) is -0.626. The van der Waals surface area contributed by atoms with Crippen molar-refractivity contribution < 1.29 is 24.5 Å². The van der Waals surface area contributed by atoms with E-state index in [0.717, 1.165) is 38.5 Å². The van der Waals surface area contributed by atoms with Gasteiger partial charge in [-0.2, -0.15) is 0 Å². The zero-order valence-corrected chi connectivity index (χ0v) is 61.7. The summed E-state index contributed by atoms with van der Waals surface area (Å²) in [5.74, 6) is -0.0321. The third-order valence-corrected chi connectivity index (χ3v) is 20.1. The van der Waals surface area contributed by atoms with Gasteiger partial charge in [0, 0.05) is 12.8 Å². The second-order valence-corrected chi connectivity index (χ2v) is 29.2. The molecule has 0 aromatic heterocycles. The number of allylic oxidation sites excluding steroid dienone is 1. The van der Waals surface area contributed by atoms with Gasteiger partial charge in [0.1, 0.15) is 0 Å². The molecule has 0 rings (SSSR count). The van der Waals surface area contributed by atoms with Gasteiger partial charge in [0.05, 0.1) is 25.4 Å². The molecule has 0 aliphatic heterocycles. The maximum absolute atomic E-state index is 12.6. The second kappa shape index (κ2) is 80.0. The lowest BCUT2D eigenvalue weighted by Gasteiger charge is -2.20. The number of nitrogens with one attached hydrogen (secondary N) is 1. The molecular formula is C84H165NO5. The van der Waals surface area contributed by atoms with E-state index in [-0.39, 0.29) is 18.5 Å². The molecule has 0 heterocycles. The van der Waals surface area contributed by atoms with E-state index in [0.29, 0.717) is 19.4 Å². The van der Waals surface area contributed by atoms with Crippen LogP contribution in [0.15, 0.2) is 12.2 Å². The van der Waals surface area contributed by atoms with Gasteiger partial charge in [0.15, 0.2) is 0 Å². The highest BCUT2D eigenvalue weighted by Gasteiger charge is 2.18. The van der Waals surface area contributed by atoms with Crippen LogP contribution >= 0.6 is 0 Å². The second-order valence-electron chi connectivity index (χ2n) is 29.2. The number of aliphatic hydroxyl groups excluding tert-OH is 2. The van der Waals surface area contributed by atoms with Gasteiger partial charge < -0.3 is 20.3 Å². The van der Waals surface area contributed by atoms with Crippen LogP contribution in [-0.4, -0.2) is 47.4 Å². The van der Waals surface area contributed by atoms with E-state index in [9.17, 15) is 19.8 Å². The molecule has 6 heteroatoms. The van der Waals surface area contributed by atoms with Crippen molar-refractivity contribution in [1.82, 2.24) is 5.32 Å². The summed E-state index contributed by atoms with van der Waals surface area (Å²) < 4.78 is 5.52. The molecular weight excluding hydrogens is 1100 g/mol. The lowest BCUT2D eigenvalue weighted by Crippen LogP contribution is -2.45. The molecule has 3 N–H and O–H groups in total. The molecule has 0 saturated heterocycles. The van der Waals surface area contributed by atoms with Gasteiger partial charge in [-0.25, -0.2) is 0 Å². The van der Waals surface area contributed by atoms with Crippen molar-refractivity contribution in [3.05, 3.63) is 12.2 Å². The number of unbranched alkanes of at least 4 members (excludes halogenated alkanes) is 69. The normalized spacial score (nSPS) is 12.4. The molecule has 1 amide bonds. The minimum Gasteiger partial charge on any atom is -0.466 e. The van der Waals surface area contributed by atoms with Crippen LogP contribution in [0.4, 0.5) is 0 Å². The van der Waals surface area contributed by atoms with Crippen molar-refractivity contribution in [2.24, 2.45) is 0 Å². The summed E-state index contributed by atoms with van der Waals surface area (Å²) in [5, 5.41) is 23.3. The average molecular weight is 1270 g/mol. The average Bonchev–Trinajstić information content (AvgIpc) is 3.63. The first kappa shape index (κ1) is 88.6. The van der Waals surface area contributed by atoms with E-state index < -0.39 is 12.1 Å². The molecule has 0 aromatic rings. The van der Waals surface area contributed by atoms with Gasteiger partial charge in [-0.1, -0.05) is 456 Å². The minimum absolute atomic E-state index is 0.0258. The summed E-state index contributed by atoms with van der Waals surface area (Å²) >= 11 is 0. The van der Waals surface area contributed by atoms with Crippen molar-refractivity contribution >= 4 is 11.9 Å². The molecule has 0 aliphatic carbocycles.